The van der Waals surface area contributed by atoms with Gasteiger partial charge in [0, 0.05) is 44.0 Å². The lowest BCUT2D eigenvalue weighted by molar-refractivity contribution is -0.134. The smallest absolute Gasteiger partial charge is 0.238 e. The lowest BCUT2D eigenvalue weighted by Crippen LogP contribution is -2.52. The molecule has 0 spiro atoms. The van der Waals surface area contributed by atoms with Crippen molar-refractivity contribution >= 4 is 17.5 Å². The van der Waals surface area contributed by atoms with Crippen LogP contribution in [0.3, 0.4) is 0 Å². The Bertz CT molecular complexity index is 885. The second-order valence-electron chi connectivity index (χ2n) is 7.48. The Balaban J connectivity index is 1.40. The lowest BCUT2D eigenvalue weighted by Gasteiger charge is -2.35. The Hall–Kier alpha value is -2.84. The van der Waals surface area contributed by atoms with Crippen molar-refractivity contribution < 1.29 is 18.4 Å². The number of nitrogens with one attached hydrogen (secondary N) is 1. The number of amides is 2. The van der Waals surface area contributed by atoms with Crippen LogP contribution in [0, 0.1) is 11.6 Å². The molecular formula is C22H26F2N4O2. The molecule has 0 aliphatic carbocycles. The maximum atomic E-state index is 13.8. The van der Waals surface area contributed by atoms with Crippen molar-refractivity contribution in [3.05, 3.63) is 65.7 Å². The average Bonchev–Trinajstić information content (AvgIpc) is 2.70. The summed E-state index contributed by atoms with van der Waals surface area (Å²) in [5.41, 5.74) is 0.980. The molecule has 1 saturated heterocycles. The SMILES string of the molecule is CN(CC(=O)N1CCN(CC(=O)Nc2cccc(F)c2)CC1)Cc1ccccc1F. The van der Waals surface area contributed by atoms with Crippen molar-refractivity contribution in [2.75, 3.05) is 51.6 Å². The molecule has 2 aromatic carbocycles. The molecule has 30 heavy (non-hydrogen) atoms. The van der Waals surface area contributed by atoms with E-state index in [4.69, 9.17) is 0 Å². The molecule has 0 aromatic heterocycles. The van der Waals surface area contributed by atoms with Crippen molar-refractivity contribution in [3.8, 4) is 0 Å². The van der Waals surface area contributed by atoms with Crippen LogP contribution in [0.1, 0.15) is 5.56 Å². The van der Waals surface area contributed by atoms with Crippen LogP contribution < -0.4 is 5.32 Å². The van der Waals surface area contributed by atoms with E-state index in [1.165, 1.54) is 18.2 Å². The van der Waals surface area contributed by atoms with E-state index < -0.39 is 5.82 Å². The van der Waals surface area contributed by atoms with Crippen molar-refractivity contribution in [1.82, 2.24) is 14.7 Å². The molecule has 160 valence electrons. The summed E-state index contributed by atoms with van der Waals surface area (Å²) in [7, 11) is 1.79. The second-order valence-corrected chi connectivity index (χ2v) is 7.48. The number of likely N-dealkylation sites (N-methyl/N-ethyl adjacent to an activating group) is 1. The number of halogens is 2. The van der Waals surface area contributed by atoms with Crippen molar-refractivity contribution in [2.24, 2.45) is 0 Å². The molecule has 1 aliphatic heterocycles. The van der Waals surface area contributed by atoms with Crippen LogP contribution in [0.5, 0.6) is 0 Å². The van der Waals surface area contributed by atoms with Crippen LogP contribution in [0.25, 0.3) is 0 Å². The molecule has 6 nitrogen and oxygen atoms in total. The number of piperazine rings is 1. The van der Waals surface area contributed by atoms with Gasteiger partial charge in [0.05, 0.1) is 13.1 Å². The molecule has 2 amide bonds. The molecule has 3 rings (SSSR count). The zero-order valence-corrected chi connectivity index (χ0v) is 17.0. The van der Waals surface area contributed by atoms with Crippen LogP contribution >= 0.6 is 0 Å². The largest absolute Gasteiger partial charge is 0.339 e. The number of nitrogens with zero attached hydrogens (tertiary/aromatic N) is 3. The number of carbonyl (C=O) groups excluding carboxylic acids is 2. The number of hydrogen-bond donors (Lipinski definition) is 1. The predicted molar refractivity (Wildman–Crippen MR) is 111 cm³/mol. The Kier molecular flexibility index (Phi) is 7.48. The molecule has 1 aliphatic rings. The van der Waals surface area contributed by atoms with E-state index in [9.17, 15) is 18.4 Å². The van der Waals surface area contributed by atoms with Gasteiger partial charge in [-0.25, -0.2) is 8.78 Å². The van der Waals surface area contributed by atoms with Gasteiger partial charge in [0.15, 0.2) is 0 Å². The first-order valence-corrected chi connectivity index (χ1v) is 9.88. The van der Waals surface area contributed by atoms with E-state index >= 15 is 0 Å². The standard InChI is InChI=1S/C22H26F2N4O2/c1-26(14-17-5-2-3-8-20(17)24)16-22(30)28-11-9-27(10-12-28)15-21(29)25-19-7-4-6-18(23)13-19/h2-8,13H,9-12,14-16H2,1H3,(H,25,29). The maximum absolute atomic E-state index is 13.8. The lowest BCUT2D eigenvalue weighted by atomic mass is 10.2. The minimum Gasteiger partial charge on any atom is -0.339 e. The Morgan fingerprint density at radius 2 is 1.77 bits per heavy atom. The fourth-order valence-electron chi connectivity index (χ4n) is 3.43. The Morgan fingerprint density at radius 1 is 1.03 bits per heavy atom. The molecule has 1 fully saturated rings. The maximum Gasteiger partial charge on any atom is 0.238 e. The molecule has 0 saturated carbocycles. The summed E-state index contributed by atoms with van der Waals surface area (Å²) in [6, 6.07) is 12.3. The number of anilines is 1. The minimum absolute atomic E-state index is 0.0160. The summed E-state index contributed by atoms with van der Waals surface area (Å²) >= 11 is 0. The zero-order valence-electron chi connectivity index (χ0n) is 17.0. The van der Waals surface area contributed by atoms with Crippen molar-refractivity contribution in [2.45, 2.75) is 6.54 Å². The number of rotatable bonds is 7. The number of carbonyl (C=O) groups is 2. The molecule has 1 heterocycles. The fraction of sp³-hybridized carbons (Fsp3) is 0.364. The van der Waals surface area contributed by atoms with Gasteiger partial charge in [-0.2, -0.15) is 0 Å². The third-order valence-electron chi connectivity index (χ3n) is 5.00. The molecule has 8 heteroatoms. The molecule has 0 unspecified atom stereocenters. The monoisotopic (exact) mass is 416 g/mol. The van der Waals surface area contributed by atoms with Crippen LogP contribution in [-0.2, 0) is 16.1 Å². The van der Waals surface area contributed by atoms with E-state index in [-0.39, 0.29) is 30.7 Å². The summed E-state index contributed by atoms with van der Waals surface area (Å²) in [5, 5.41) is 2.68. The summed E-state index contributed by atoms with van der Waals surface area (Å²) in [4.78, 5) is 30.2. The quantitative estimate of drug-likeness (QED) is 0.752. The summed E-state index contributed by atoms with van der Waals surface area (Å²) in [5.74, 6) is -0.912. The van der Waals surface area contributed by atoms with Gasteiger partial charge in [-0.3, -0.25) is 19.4 Å². The normalized spacial score (nSPS) is 14.7. The van der Waals surface area contributed by atoms with Crippen LogP contribution in [-0.4, -0.2) is 72.8 Å². The summed E-state index contributed by atoms with van der Waals surface area (Å²) in [6.07, 6.45) is 0. The zero-order chi connectivity index (χ0) is 21.5. The Labute approximate surface area is 175 Å². The molecule has 0 bridgehead atoms. The van der Waals surface area contributed by atoms with E-state index in [0.717, 1.165) is 0 Å². The Morgan fingerprint density at radius 3 is 2.47 bits per heavy atom. The van der Waals surface area contributed by atoms with Gasteiger partial charge in [-0.05, 0) is 31.3 Å². The molecule has 2 aromatic rings. The minimum atomic E-state index is -0.403. The first-order chi connectivity index (χ1) is 14.4. The van der Waals surface area contributed by atoms with Gasteiger partial charge in [0.25, 0.3) is 0 Å². The first-order valence-electron chi connectivity index (χ1n) is 9.88. The molecular weight excluding hydrogens is 390 g/mol. The number of benzene rings is 2. The van der Waals surface area contributed by atoms with Crippen LogP contribution in [0.15, 0.2) is 48.5 Å². The molecule has 0 atom stereocenters. The fourth-order valence-corrected chi connectivity index (χ4v) is 3.43. The van der Waals surface area contributed by atoms with Gasteiger partial charge in [-0.1, -0.05) is 24.3 Å². The van der Waals surface area contributed by atoms with E-state index in [2.05, 4.69) is 5.32 Å². The van der Waals surface area contributed by atoms with Gasteiger partial charge in [0.2, 0.25) is 11.8 Å². The van der Waals surface area contributed by atoms with E-state index in [1.807, 2.05) is 4.90 Å². The average molecular weight is 416 g/mol. The number of hydrogen-bond acceptors (Lipinski definition) is 4. The summed E-state index contributed by atoms with van der Waals surface area (Å²) < 4.78 is 27.0. The van der Waals surface area contributed by atoms with Crippen LogP contribution in [0.2, 0.25) is 0 Å². The predicted octanol–water partition coefficient (Wildman–Crippen LogP) is 2.18. The van der Waals surface area contributed by atoms with Crippen LogP contribution in [0.4, 0.5) is 14.5 Å². The van der Waals surface area contributed by atoms with E-state index in [1.54, 1.807) is 47.2 Å². The highest BCUT2D eigenvalue weighted by Gasteiger charge is 2.23. The van der Waals surface area contributed by atoms with Gasteiger partial charge in [0.1, 0.15) is 11.6 Å². The van der Waals surface area contributed by atoms with Crippen molar-refractivity contribution in [1.29, 1.82) is 0 Å². The highest BCUT2D eigenvalue weighted by molar-refractivity contribution is 5.92. The molecule has 1 N–H and O–H groups in total. The second kappa shape index (κ2) is 10.3. The third kappa shape index (κ3) is 6.33. The van der Waals surface area contributed by atoms with E-state index in [0.29, 0.717) is 44.0 Å². The van der Waals surface area contributed by atoms with Gasteiger partial charge >= 0.3 is 0 Å². The third-order valence-corrected chi connectivity index (χ3v) is 5.00. The summed E-state index contributed by atoms with van der Waals surface area (Å²) in [6.45, 7) is 2.97. The van der Waals surface area contributed by atoms with Gasteiger partial charge in [-0.15, -0.1) is 0 Å². The topological polar surface area (TPSA) is 55.9 Å². The highest BCUT2D eigenvalue weighted by atomic mass is 19.1. The first kappa shape index (κ1) is 21.9. The molecule has 0 radical (unpaired) electrons. The highest BCUT2D eigenvalue weighted by Crippen LogP contribution is 2.11. The van der Waals surface area contributed by atoms with Crippen molar-refractivity contribution in [3.63, 3.8) is 0 Å². The van der Waals surface area contributed by atoms with Gasteiger partial charge < -0.3 is 10.2 Å².